The molecule has 1 unspecified atom stereocenters. The molecular formula is C13H26N4. The number of rotatable bonds is 0. The molecule has 4 heteroatoms. The van der Waals surface area contributed by atoms with Gasteiger partial charge in [0.1, 0.15) is 0 Å². The molecule has 1 aliphatic rings. The van der Waals surface area contributed by atoms with Crippen LogP contribution < -0.4 is 11.5 Å². The Labute approximate surface area is 105 Å². The molecule has 0 aromatic carbocycles. The van der Waals surface area contributed by atoms with Crippen molar-refractivity contribution in [1.82, 2.24) is 21.4 Å². The summed E-state index contributed by atoms with van der Waals surface area (Å²) in [5.74, 6) is 0. The Balaban J connectivity index is 0.000000316. The normalized spacial score (nSPS) is 22.9. The largest absolute Gasteiger partial charge is 0.344 e. The quantitative estimate of drug-likeness (QED) is 0.725. The van der Waals surface area contributed by atoms with Gasteiger partial charge in [-0.2, -0.15) is 0 Å². The van der Waals surface area contributed by atoms with Crippen LogP contribution in [0.15, 0.2) is 30.6 Å². The number of nitrogens with one attached hydrogen (secondary N) is 1. The minimum absolute atomic E-state index is 0. The third-order valence-corrected chi connectivity index (χ3v) is 3.51. The molecule has 1 saturated heterocycles. The van der Waals surface area contributed by atoms with Crippen LogP contribution in [0.5, 0.6) is 0 Å². The van der Waals surface area contributed by atoms with E-state index in [4.69, 9.17) is 0 Å². The van der Waals surface area contributed by atoms with Crippen molar-refractivity contribution in [3.63, 3.8) is 0 Å². The van der Waals surface area contributed by atoms with Crippen molar-refractivity contribution in [3.05, 3.63) is 30.6 Å². The van der Waals surface area contributed by atoms with Gasteiger partial charge in [0.05, 0.1) is 0 Å². The Hall–Kier alpha value is -0.970. The minimum Gasteiger partial charge on any atom is -0.344 e. The minimum atomic E-state index is 0. The number of aromatic nitrogens is 1. The summed E-state index contributed by atoms with van der Waals surface area (Å²) in [6.07, 6.45) is 3.50. The molecule has 0 aliphatic carbocycles. The summed E-state index contributed by atoms with van der Waals surface area (Å²) in [6, 6.07) is 6.32. The fourth-order valence-electron chi connectivity index (χ4n) is 1.63. The van der Waals surface area contributed by atoms with Crippen molar-refractivity contribution in [1.29, 1.82) is 0 Å². The Kier molecular flexibility index (Phi) is 6.95. The average molecular weight is 238 g/mol. The van der Waals surface area contributed by atoms with Crippen LogP contribution in [0.25, 0.3) is 0 Å². The standard InChI is InChI=1S/C8H18N2.C5H5N.H3N/c1-7-8(2,3)10(4)6-5-9-7;1-2-4-6-5-3-1;/h7,9H,5-6H2,1-4H3;1-5H;1H3. The second-order valence-electron chi connectivity index (χ2n) is 4.78. The van der Waals surface area contributed by atoms with Gasteiger partial charge in [-0.3, -0.25) is 9.88 Å². The van der Waals surface area contributed by atoms with Gasteiger partial charge in [-0.15, -0.1) is 0 Å². The van der Waals surface area contributed by atoms with Gasteiger partial charge >= 0.3 is 0 Å². The average Bonchev–Trinajstić information content (AvgIpc) is 2.30. The van der Waals surface area contributed by atoms with E-state index < -0.39 is 0 Å². The van der Waals surface area contributed by atoms with Gasteiger partial charge < -0.3 is 11.5 Å². The highest BCUT2D eigenvalue weighted by atomic mass is 15.2. The van der Waals surface area contributed by atoms with Gasteiger partial charge in [-0.25, -0.2) is 0 Å². The van der Waals surface area contributed by atoms with Gasteiger partial charge in [0.25, 0.3) is 0 Å². The van der Waals surface area contributed by atoms with E-state index in [9.17, 15) is 0 Å². The molecule has 0 amide bonds. The van der Waals surface area contributed by atoms with Crippen molar-refractivity contribution in [3.8, 4) is 0 Å². The van der Waals surface area contributed by atoms with E-state index in [2.05, 4.69) is 43.0 Å². The summed E-state index contributed by atoms with van der Waals surface area (Å²) in [5, 5.41) is 3.46. The fraction of sp³-hybridized carbons (Fsp3) is 0.615. The molecule has 17 heavy (non-hydrogen) atoms. The third-order valence-electron chi connectivity index (χ3n) is 3.51. The molecule has 2 rings (SSSR count). The predicted molar refractivity (Wildman–Crippen MR) is 73.4 cm³/mol. The van der Waals surface area contributed by atoms with Gasteiger partial charge in [-0.05, 0) is 40.0 Å². The SMILES string of the molecule is CC1NCCN(C)C1(C)C.N.c1ccncc1. The van der Waals surface area contributed by atoms with E-state index in [1.54, 1.807) is 12.4 Å². The van der Waals surface area contributed by atoms with Crippen molar-refractivity contribution in [2.24, 2.45) is 0 Å². The van der Waals surface area contributed by atoms with Gasteiger partial charge in [0.2, 0.25) is 0 Å². The van der Waals surface area contributed by atoms with Crippen LogP contribution in [0.1, 0.15) is 20.8 Å². The Morgan fingerprint density at radius 3 is 2.12 bits per heavy atom. The second-order valence-corrected chi connectivity index (χ2v) is 4.78. The molecule has 4 N–H and O–H groups in total. The number of nitrogens with zero attached hydrogens (tertiary/aromatic N) is 2. The van der Waals surface area contributed by atoms with E-state index in [0.717, 1.165) is 13.1 Å². The Morgan fingerprint density at radius 2 is 1.82 bits per heavy atom. The molecule has 98 valence electrons. The zero-order chi connectivity index (χ0) is 12.0. The van der Waals surface area contributed by atoms with Crippen molar-refractivity contribution in [2.45, 2.75) is 32.4 Å². The van der Waals surface area contributed by atoms with E-state index >= 15 is 0 Å². The number of piperazine rings is 1. The zero-order valence-corrected chi connectivity index (χ0v) is 11.5. The molecule has 0 radical (unpaired) electrons. The highest BCUT2D eigenvalue weighted by Gasteiger charge is 2.32. The van der Waals surface area contributed by atoms with Gasteiger partial charge in [0, 0.05) is 37.1 Å². The van der Waals surface area contributed by atoms with Crippen LogP contribution >= 0.6 is 0 Å². The summed E-state index contributed by atoms with van der Waals surface area (Å²) >= 11 is 0. The van der Waals surface area contributed by atoms with E-state index in [1.165, 1.54) is 0 Å². The number of hydrogen-bond acceptors (Lipinski definition) is 4. The molecule has 1 aromatic heterocycles. The first-order valence-electron chi connectivity index (χ1n) is 5.85. The highest BCUT2D eigenvalue weighted by Crippen LogP contribution is 2.19. The Morgan fingerprint density at radius 1 is 1.24 bits per heavy atom. The number of likely N-dealkylation sites (N-methyl/N-ethyl adjacent to an activating group) is 1. The molecule has 1 fully saturated rings. The first-order valence-corrected chi connectivity index (χ1v) is 5.85. The van der Waals surface area contributed by atoms with Crippen LogP contribution in [-0.4, -0.2) is 41.6 Å². The summed E-state index contributed by atoms with van der Waals surface area (Å²) < 4.78 is 0. The smallest absolute Gasteiger partial charge is 0.0301 e. The monoisotopic (exact) mass is 238 g/mol. The lowest BCUT2D eigenvalue weighted by atomic mass is 9.92. The predicted octanol–water partition coefficient (Wildman–Crippen LogP) is 1.93. The zero-order valence-electron chi connectivity index (χ0n) is 11.5. The van der Waals surface area contributed by atoms with Crippen LogP contribution in [0.2, 0.25) is 0 Å². The van der Waals surface area contributed by atoms with Crippen LogP contribution in [-0.2, 0) is 0 Å². The maximum Gasteiger partial charge on any atom is 0.0301 e. The molecule has 0 saturated carbocycles. The van der Waals surface area contributed by atoms with Gasteiger partial charge in [0.15, 0.2) is 0 Å². The van der Waals surface area contributed by atoms with E-state index in [0.29, 0.717) is 11.6 Å². The van der Waals surface area contributed by atoms with Crippen molar-refractivity contribution in [2.75, 3.05) is 20.1 Å². The lowest BCUT2D eigenvalue weighted by Gasteiger charge is -2.45. The topological polar surface area (TPSA) is 63.2 Å². The molecule has 1 aliphatic heterocycles. The second kappa shape index (κ2) is 7.37. The van der Waals surface area contributed by atoms with Crippen LogP contribution in [0, 0.1) is 0 Å². The maximum atomic E-state index is 3.78. The number of pyridine rings is 1. The third kappa shape index (κ3) is 4.81. The summed E-state index contributed by atoms with van der Waals surface area (Å²) in [5.41, 5.74) is 0.318. The molecule has 4 nitrogen and oxygen atoms in total. The first-order chi connectivity index (χ1) is 7.55. The molecule has 0 bridgehead atoms. The van der Waals surface area contributed by atoms with E-state index in [1.807, 2.05) is 18.2 Å². The van der Waals surface area contributed by atoms with Crippen LogP contribution in [0.3, 0.4) is 0 Å². The van der Waals surface area contributed by atoms with Crippen molar-refractivity contribution < 1.29 is 0 Å². The fourth-order valence-corrected chi connectivity index (χ4v) is 1.63. The molecular weight excluding hydrogens is 212 g/mol. The summed E-state index contributed by atoms with van der Waals surface area (Å²) in [4.78, 5) is 6.20. The van der Waals surface area contributed by atoms with Gasteiger partial charge in [-0.1, -0.05) is 6.07 Å². The lowest BCUT2D eigenvalue weighted by molar-refractivity contribution is 0.0821. The maximum absolute atomic E-state index is 3.78. The Bertz CT molecular complexity index is 248. The first kappa shape index (κ1) is 16.0. The highest BCUT2D eigenvalue weighted by molar-refractivity contribution is 4.93. The molecule has 1 aromatic rings. The molecule has 1 atom stereocenters. The van der Waals surface area contributed by atoms with E-state index in [-0.39, 0.29) is 6.15 Å². The lowest BCUT2D eigenvalue weighted by Crippen LogP contribution is -2.61. The summed E-state index contributed by atoms with van der Waals surface area (Å²) in [6.45, 7) is 9.10. The van der Waals surface area contributed by atoms with Crippen molar-refractivity contribution >= 4 is 0 Å². The van der Waals surface area contributed by atoms with Crippen LogP contribution in [0.4, 0.5) is 0 Å². The number of hydrogen-bond donors (Lipinski definition) is 2. The molecule has 2 heterocycles. The molecule has 0 spiro atoms. The summed E-state index contributed by atoms with van der Waals surface area (Å²) in [7, 11) is 2.19.